The van der Waals surface area contributed by atoms with E-state index in [0.29, 0.717) is 22.2 Å². The Hall–Kier alpha value is -0.980. The van der Waals surface area contributed by atoms with E-state index in [1.165, 1.54) is 129 Å². The van der Waals surface area contributed by atoms with E-state index in [4.69, 9.17) is 0 Å². The van der Waals surface area contributed by atoms with Crippen LogP contribution in [0.2, 0.25) is 0 Å². The van der Waals surface area contributed by atoms with Gasteiger partial charge in [0.2, 0.25) is 0 Å². The Kier molecular flexibility index (Phi) is 18.1. The number of piperidine rings is 3. The molecule has 0 amide bonds. The lowest BCUT2D eigenvalue weighted by Gasteiger charge is -2.41. The molecule has 4 fully saturated rings. The Bertz CT molecular complexity index is 908. The molecular formula is C43H83N5. The molecule has 1 aromatic rings. The van der Waals surface area contributed by atoms with Crippen molar-refractivity contribution in [3.63, 3.8) is 0 Å². The number of nitrogens with zero attached hydrogens (tertiary/aromatic N) is 5. The van der Waals surface area contributed by atoms with Crippen LogP contribution in [0.25, 0.3) is 0 Å². The van der Waals surface area contributed by atoms with Crippen molar-refractivity contribution in [1.29, 1.82) is 0 Å². The molecule has 280 valence electrons. The van der Waals surface area contributed by atoms with E-state index >= 15 is 0 Å². The van der Waals surface area contributed by atoms with Crippen molar-refractivity contribution < 1.29 is 0 Å². The summed E-state index contributed by atoms with van der Waals surface area (Å²) in [5.74, 6) is 0.885. The number of rotatable bonds is 2. The van der Waals surface area contributed by atoms with Crippen molar-refractivity contribution in [3.8, 4) is 0 Å². The molecule has 0 aliphatic carbocycles. The fourth-order valence-corrected chi connectivity index (χ4v) is 7.36. The summed E-state index contributed by atoms with van der Waals surface area (Å²) in [6.45, 7) is 40.3. The molecule has 5 rings (SSSR count). The first-order valence-electron chi connectivity index (χ1n) is 20.0. The fourth-order valence-electron chi connectivity index (χ4n) is 7.36. The molecule has 0 spiro atoms. The van der Waals surface area contributed by atoms with Gasteiger partial charge in [0.15, 0.2) is 0 Å². The third-order valence-corrected chi connectivity index (χ3v) is 11.0. The zero-order valence-electron chi connectivity index (χ0n) is 34.6. The first kappa shape index (κ1) is 43.2. The summed E-state index contributed by atoms with van der Waals surface area (Å²) < 4.78 is 0. The van der Waals surface area contributed by atoms with E-state index in [0.717, 1.165) is 5.92 Å². The monoisotopic (exact) mass is 670 g/mol. The minimum absolute atomic E-state index is 0.345. The van der Waals surface area contributed by atoms with Gasteiger partial charge in [-0.05, 0) is 186 Å². The third kappa shape index (κ3) is 17.3. The Balaban J connectivity index is 0.000000229. The fraction of sp³-hybridized carbons (Fsp3) is 0.860. The van der Waals surface area contributed by atoms with Gasteiger partial charge >= 0.3 is 0 Å². The summed E-state index contributed by atoms with van der Waals surface area (Å²) in [7, 11) is 2.19. The second-order valence-electron chi connectivity index (χ2n) is 19.2. The maximum absolute atomic E-state index is 2.62. The molecule has 0 N–H and O–H groups in total. The van der Waals surface area contributed by atoms with Crippen LogP contribution in [0.3, 0.4) is 0 Å². The average molecular weight is 670 g/mol. The largest absolute Gasteiger partial charge is 0.304 e. The molecule has 48 heavy (non-hydrogen) atoms. The number of likely N-dealkylation sites (tertiary alicyclic amines) is 3. The van der Waals surface area contributed by atoms with Crippen molar-refractivity contribution in [2.45, 2.75) is 163 Å². The van der Waals surface area contributed by atoms with E-state index in [1.807, 2.05) is 0 Å². The van der Waals surface area contributed by atoms with Crippen LogP contribution < -0.4 is 0 Å². The van der Waals surface area contributed by atoms with Gasteiger partial charge in [-0.3, -0.25) is 19.6 Å². The van der Waals surface area contributed by atoms with E-state index in [9.17, 15) is 0 Å². The van der Waals surface area contributed by atoms with Gasteiger partial charge in [0.05, 0.1) is 0 Å². The van der Waals surface area contributed by atoms with Gasteiger partial charge < -0.3 is 4.90 Å². The summed E-state index contributed by atoms with van der Waals surface area (Å²) in [5, 5.41) is 0. The quantitative estimate of drug-likeness (QED) is 0.311. The van der Waals surface area contributed by atoms with Gasteiger partial charge in [0, 0.05) is 48.3 Å². The van der Waals surface area contributed by atoms with Crippen LogP contribution in [-0.2, 0) is 6.42 Å². The number of hydrogen-bond acceptors (Lipinski definition) is 5. The van der Waals surface area contributed by atoms with E-state index < -0.39 is 0 Å². The molecule has 0 radical (unpaired) electrons. The Morgan fingerprint density at radius 2 is 0.771 bits per heavy atom. The third-order valence-electron chi connectivity index (χ3n) is 11.0. The van der Waals surface area contributed by atoms with Crippen molar-refractivity contribution in [1.82, 2.24) is 24.5 Å². The van der Waals surface area contributed by atoms with Crippen LogP contribution in [0.15, 0.2) is 30.3 Å². The van der Waals surface area contributed by atoms with Crippen LogP contribution in [-0.4, -0.2) is 119 Å². The van der Waals surface area contributed by atoms with Crippen LogP contribution in [0.1, 0.15) is 140 Å². The molecule has 5 nitrogen and oxygen atoms in total. The molecular weight excluding hydrogens is 587 g/mol. The van der Waals surface area contributed by atoms with Crippen molar-refractivity contribution in [3.05, 3.63) is 35.9 Å². The summed E-state index contributed by atoms with van der Waals surface area (Å²) in [4.78, 5) is 12.7. The Labute approximate surface area is 301 Å². The predicted octanol–water partition coefficient (Wildman–Crippen LogP) is 9.31. The number of benzene rings is 1. The van der Waals surface area contributed by atoms with Crippen molar-refractivity contribution in [2.75, 3.05) is 72.5 Å². The molecule has 4 saturated heterocycles. The maximum atomic E-state index is 2.62. The Morgan fingerprint density at radius 3 is 1.10 bits per heavy atom. The van der Waals surface area contributed by atoms with Gasteiger partial charge in [-0.15, -0.1) is 0 Å². The summed E-state index contributed by atoms with van der Waals surface area (Å²) in [6.07, 6.45) is 12.4. The second kappa shape index (κ2) is 20.2. The SMILES string of the molecule is CC(C)(C)N1CCC(Cc2ccccc2)CC1.CC(C)(C)N1CCCCC1.CC(C)(C)N1CCCCC1.CN1CCN(C(C)(C)C)CC1. The first-order chi connectivity index (χ1) is 22.3. The van der Waals surface area contributed by atoms with Crippen LogP contribution in [0.4, 0.5) is 0 Å². The number of likely N-dealkylation sites (N-methyl/N-ethyl adjacent to an activating group) is 1. The van der Waals surface area contributed by atoms with Gasteiger partial charge in [-0.2, -0.15) is 0 Å². The lowest BCUT2D eigenvalue weighted by molar-refractivity contribution is 0.0735. The van der Waals surface area contributed by atoms with Crippen LogP contribution in [0.5, 0.6) is 0 Å². The van der Waals surface area contributed by atoms with Crippen LogP contribution in [0, 0.1) is 5.92 Å². The standard InChI is InChI=1S/C16H25N.C9H20N2.2C9H19N/c1-16(2,3)17-11-9-15(10-12-17)13-14-7-5-4-6-8-14;1-9(2,3)11-7-5-10(4)6-8-11;2*1-9(2,3)10-7-5-4-6-8-10/h4-8,15H,9-13H2,1-3H3;5-8H2,1-4H3;2*4-8H2,1-3H3. The highest BCUT2D eigenvalue weighted by Crippen LogP contribution is 2.26. The molecule has 0 aromatic heterocycles. The number of hydrogen-bond donors (Lipinski definition) is 0. The van der Waals surface area contributed by atoms with E-state index in [1.54, 1.807) is 0 Å². The summed E-state index contributed by atoms with van der Waals surface area (Å²) in [5.41, 5.74) is 3.02. The van der Waals surface area contributed by atoms with Crippen molar-refractivity contribution >= 4 is 0 Å². The summed E-state index contributed by atoms with van der Waals surface area (Å²) >= 11 is 0. The molecule has 4 aliphatic heterocycles. The zero-order chi connectivity index (χ0) is 36.0. The molecule has 1 aromatic carbocycles. The van der Waals surface area contributed by atoms with Gasteiger partial charge in [-0.1, -0.05) is 43.2 Å². The van der Waals surface area contributed by atoms with Gasteiger partial charge in [0.1, 0.15) is 0 Å². The normalized spacial score (nSPS) is 22.0. The first-order valence-corrected chi connectivity index (χ1v) is 20.0. The molecule has 4 aliphatic rings. The average Bonchev–Trinajstić information content (AvgIpc) is 3.02. The molecule has 0 atom stereocenters. The lowest BCUT2D eigenvalue weighted by Crippen LogP contribution is -2.52. The molecule has 5 heteroatoms. The molecule has 0 bridgehead atoms. The molecule has 0 saturated carbocycles. The zero-order valence-corrected chi connectivity index (χ0v) is 34.6. The highest BCUT2D eigenvalue weighted by Gasteiger charge is 2.27. The Morgan fingerprint density at radius 1 is 0.438 bits per heavy atom. The van der Waals surface area contributed by atoms with E-state index in [-0.39, 0.29) is 0 Å². The lowest BCUT2D eigenvalue weighted by atomic mass is 9.88. The minimum atomic E-state index is 0.345. The van der Waals surface area contributed by atoms with E-state index in [2.05, 4.69) is 145 Å². The van der Waals surface area contributed by atoms with Crippen molar-refractivity contribution in [2.24, 2.45) is 5.92 Å². The maximum Gasteiger partial charge on any atom is 0.0126 e. The number of piperazine rings is 1. The predicted molar refractivity (Wildman–Crippen MR) is 213 cm³/mol. The van der Waals surface area contributed by atoms with Crippen LogP contribution >= 0.6 is 0 Å². The minimum Gasteiger partial charge on any atom is -0.304 e. The van der Waals surface area contributed by atoms with Gasteiger partial charge in [-0.25, -0.2) is 0 Å². The molecule has 4 heterocycles. The second-order valence-corrected chi connectivity index (χ2v) is 19.2. The van der Waals surface area contributed by atoms with Gasteiger partial charge in [0.25, 0.3) is 0 Å². The highest BCUT2D eigenvalue weighted by molar-refractivity contribution is 5.15. The molecule has 0 unspecified atom stereocenters. The topological polar surface area (TPSA) is 16.2 Å². The smallest absolute Gasteiger partial charge is 0.0126 e. The summed E-state index contributed by atoms with van der Waals surface area (Å²) in [6, 6.07) is 10.9. The highest BCUT2D eigenvalue weighted by atomic mass is 15.3.